The minimum Gasteiger partial charge on any atom is -0.303 e. The topological polar surface area (TPSA) is 16.1 Å². The van der Waals surface area contributed by atoms with Crippen molar-refractivity contribution < 1.29 is 0 Å². The zero-order valence-corrected chi connectivity index (χ0v) is 13.7. The molecule has 0 saturated heterocycles. The largest absolute Gasteiger partial charge is 0.303 e. The lowest BCUT2D eigenvalue weighted by atomic mass is 9.99. The highest BCUT2D eigenvalue weighted by molar-refractivity contribution is 5.85. The predicted octanol–water partition coefficient (Wildman–Crippen LogP) is 3.81. The van der Waals surface area contributed by atoms with Gasteiger partial charge in [0.1, 0.15) is 0 Å². The predicted molar refractivity (Wildman–Crippen MR) is 90.5 cm³/mol. The number of aryl methyl sites for hydroxylation is 1. The van der Waals surface area contributed by atoms with Crippen LogP contribution in [0.2, 0.25) is 0 Å². The fourth-order valence-corrected chi connectivity index (χ4v) is 2.98. The summed E-state index contributed by atoms with van der Waals surface area (Å²) in [4.78, 5) is 7.40. The lowest BCUT2D eigenvalue weighted by Gasteiger charge is -2.16. The molecule has 1 aromatic carbocycles. The Morgan fingerprint density at radius 2 is 1.80 bits per heavy atom. The summed E-state index contributed by atoms with van der Waals surface area (Å²) in [7, 11) is 0. The van der Waals surface area contributed by atoms with E-state index in [0.29, 0.717) is 0 Å². The van der Waals surface area contributed by atoms with Crippen molar-refractivity contribution in [3.63, 3.8) is 0 Å². The van der Waals surface area contributed by atoms with E-state index in [1.807, 2.05) is 0 Å². The lowest BCUT2D eigenvalue weighted by molar-refractivity contribution is 0.303. The van der Waals surface area contributed by atoms with Gasteiger partial charge in [-0.2, -0.15) is 0 Å². The van der Waals surface area contributed by atoms with E-state index < -0.39 is 0 Å². The molecular formula is C16H22Cl2N2. The molecule has 0 bridgehead atoms. The van der Waals surface area contributed by atoms with Crippen LogP contribution in [0.15, 0.2) is 24.3 Å². The minimum absolute atomic E-state index is 0. The molecule has 0 amide bonds. The van der Waals surface area contributed by atoms with Crippen LogP contribution in [0.1, 0.15) is 23.7 Å². The Balaban J connectivity index is 0.000001000. The smallest absolute Gasteiger partial charge is 0.0708 e. The van der Waals surface area contributed by atoms with Gasteiger partial charge >= 0.3 is 0 Å². The van der Waals surface area contributed by atoms with E-state index in [9.17, 15) is 0 Å². The van der Waals surface area contributed by atoms with E-state index >= 15 is 0 Å². The summed E-state index contributed by atoms with van der Waals surface area (Å²) in [6, 6.07) is 8.51. The Morgan fingerprint density at radius 3 is 2.55 bits per heavy atom. The molecule has 110 valence electrons. The van der Waals surface area contributed by atoms with Gasteiger partial charge in [0.2, 0.25) is 0 Å². The fourth-order valence-electron chi connectivity index (χ4n) is 2.98. The third-order valence-corrected chi connectivity index (χ3v) is 4.15. The Morgan fingerprint density at radius 1 is 1.10 bits per heavy atom. The quantitative estimate of drug-likeness (QED) is 0.796. The van der Waals surface area contributed by atoms with Gasteiger partial charge in [-0.1, -0.05) is 25.1 Å². The van der Waals surface area contributed by atoms with Crippen molar-refractivity contribution >= 4 is 35.7 Å². The second-order valence-corrected chi connectivity index (χ2v) is 5.11. The number of fused-ring (bicyclic) bond motifs is 2. The molecular weight excluding hydrogens is 291 g/mol. The summed E-state index contributed by atoms with van der Waals surface area (Å²) in [5.41, 5.74) is 5.40. The number of benzene rings is 1. The maximum absolute atomic E-state index is 4.88. The molecule has 0 fully saturated rings. The minimum atomic E-state index is 0. The summed E-state index contributed by atoms with van der Waals surface area (Å²) in [6.07, 6.45) is 2.24. The number of hydrogen-bond acceptors (Lipinski definition) is 2. The number of likely N-dealkylation sites (N-methyl/N-ethyl adjacent to an activating group) is 1. The molecule has 0 unspecified atom stereocenters. The van der Waals surface area contributed by atoms with Crippen molar-refractivity contribution in [2.24, 2.45) is 0 Å². The highest BCUT2D eigenvalue weighted by atomic mass is 35.5. The summed E-state index contributed by atoms with van der Waals surface area (Å²) < 4.78 is 0. The van der Waals surface area contributed by atoms with Crippen molar-refractivity contribution in [3.05, 3.63) is 41.1 Å². The van der Waals surface area contributed by atoms with Gasteiger partial charge in [-0.15, -0.1) is 24.8 Å². The van der Waals surface area contributed by atoms with E-state index in [4.69, 9.17) is 4.98 Å². The van der Waals surface area contributed by atoms with Gasteiger partial charge < -0.3 is 4.90 Å². The fraction of sp³-hybridized carbons (Fsp3) is 0.438. The van der Waals surface area contributed by atoms with E-state index in [1.54, 1.807) is 0 Å². The molecule has 2 heterocycles. The van der Waals surface area contributed by atoms with Crippen LogP contribution >= 0.6 is 24.8 Å². The van der Waals surface area contributed by atoms with Gasteiger partial charge in [0.25, 0.3) is 0 Å². The van der Waals surface area contributed by atoms with Crippen LogP contribution < -0.4 is 0 Å². The number of rotatable bonds is 1. The van der Waals surface area contributed by atoms with Crippen molar-refractivity contribution in [3.8, 4) is 0 Å². The Hall–Kier alpha value is -0.830. The third-order valence-electron chi connectivity index (χ3n) is 4.15. The number of halogens is 2. The van der Waals surface area contributed by atoms with Crippen LogP contribution in [0, 0.1) is 6.92 Å². The molecule has 0 atom stereocenters. The van der Waals surface area contributed by atoms with Crippen LogP contribution in [-0.4, -0.2) is 29.5 Å². The zero-order chi connectivity index (χ0) is 12.5. The molecule has 2 aromatic rings. The summed E-state index contributed by atoms with van der Waals surface area (Å²) >= 11 is 0. The van der Waals surface area contributed by atoms with Gasteiger partial charge in [-0.3, -0.25) is 4.98 Å². The molecule has 20 heavy (non-hydrogen) atoms. The van der Waals surface area contributed by atoms with E-state index in [1.165, 1.54) is 28.8 Å². The Bertz CT molecular complexity index is 584. The maximum Gasteiger partial charge on any atom is 0.0708 e. The SMILES string of the molecule is CCN1CCc2nc3ccccc3c(C)c2CC1.Cl.Cl. The molecule has 0 aliphatic carbocycles. The summed E-state index contributed by atoms with van der Waals surface area (Å²) in [5.74, 6) is 0. The molecule has 1 aromatic heterocycles. The number of aromatic nitrogens is 1. The molecule has 0 radical (unpaired) electrons. The van der Waals surface area contributed by atoms with Crippen LogP contribution in [0.25, 0.3) is 10.9 Å². The van der Waals surface area contributed by atoms with Crippen LogP contribution in [-0.2, 0) is 12.8 Å². The van der Waals surface area contributed by atoms with Crippen molar-refractivity contribution in [1.82, 2.24) is 9.88 Å². The average Bonchev–Trinajstić information content (AvgIpc) is 2.61. The Kier molecular flexibility index (Phi) is 6.25. The Labute approximate surface area is 133 Å². The maximum atomic E-state index is 4.88. The number of nitrogens with zero attached hydrogens (tertiary/aromatic N) is 2. The molecule has 0 N–H and O–H groups in total. The zero-order valence-electron chi connectivity index (χ0n) is 12.1. The first-order valence-corrected chi connectivity index (χ1v) is 6.89. The first kappa shape index (κ1) is 17.2. The second-order valence-electron chi connectivity index (χ2n) is 5.11. The van der Waals surface area contributed by atoms with Crippen molar-refractivity contribution in [2.75, 3.05) is 19.6 Å². The van der Waals surface area contributed by atoms with Crippen molar-refractivity contribution in [1.29, 1.82) is 0 Å². The van der Waals surface area contributed by atoms with Gasteiger partial charge in [-0.25, -0.2) is 0 Å². The number of pyridine rings is 1. The lowest BCUT2D eigenvalue weighted by Crippen LogP contribution is -2.25. The highest BCUT2D eigenvalue weighted by Crippen LogP contribution is 2.25. The van der Waals surface area contributed by atoms with Crippen LogP contribution in [0.3, 0.4) is 0 Å². The normalized spacial score (nSPS) is 14.9. The standard InChI is InChI=1S/C16H20N2.2ClH/c1-3-18-10-8-14-12(2)13-6-4-5-7-15(13)17-16(14)9-11-18;;/h4-7H,3,8-11H2,1-2H3;2*1H. The summed E-state index contributed by atoms with van der Waals surface area (Å²) in [6.45, 7) is 7.96. The monoisotopic (exact) mass is 312 g/mol. The number of para-hydroxylation sites is 1. The average molecular weight is 313 g/mol. The second kappa shape index (κ2) is 7.26. The molecule has 3 rings (SSSR count). The molecule has 1 aliphatic rings. The highest BCUT2D eigenvalue weighted by Gasteiger charge is 2.17. The van der Waals surface area contributed by atoms with Gasteiger partial charge in [-0.05, 0) is 37.1 Å². The summed E-state index contributed by atoms with van der Waals surface area (Å²) in [5, 5.41) is 1.32. The van der Waals surface area contributed by atoms with Gasteiger partial charge in [0, 0.05) is 30.6 Å². The van der Waals surface area contributed by atoms with Crippen LogP contribution in [0.5, 0.6) is 0 Å². The van der Waals surface area contributed by atoms with E-state index in [2.05, 4.69) is 43.0 Å². The molecule has 1 aliphatic heterocycles. The van der Waals surface area contributed by atoms with Crippen molar-refractivity contribution in [2.45, 2.75) is 26.7 Å². The van der Waals surface area contributed by atoms with Gasteiger partial charge in [0.15, 0.2) is 0 Å². The molecule has 0 saturated carbocycles. The van der Waals surface area contributed by atoms with Crippen LogP contribution in [0.4, 0.5) is 0 Å². The molecule has 2 nitrogen and oxygen atoms in total. The first-order valence-electron chi connectivity index (χ1n) is 6.89. The first-order chi connectivity index (χ1) is 8.79. The van der Waals surface area contributed by atoms with E-state index in [-0.39, 0.29) is 24.8 Å². The number of hydrogen-bond donors (Lipinski definition) is 0. The van der Waals surface area contributed by atoms with Gasteiger partial charge in [0.05, 0.1) is 5.52 Å². The third kappa shape index (κ3) is 3.08. The molecule has 0 spiro atoms. The molecule has 4 heteroatoms. The van der Waals surface area contributed by atoms with E-state index in [0.717, 1.165) is 31.4 Å².